The van der Waals surface area contributed by atoms with Crippen molar-refractivity contribution < 1.29 is 9.59 Å². The molecule has 0 saturated heterocycles. The van der Waals surface area contributed by atoms with E-state index in [-0.39, 0.29) is 34.7 Å². The first-order valence-electron chi connectivity index (χ1n) is 10.2. The third-order valence-corrected chi connectivity index (χ3v) is 8.28. The molecule has 4 aliphatic carbocycles. The maximum Gasteiger partial charge on any atom is 0.239 e. The van der Waals surface area contributed by atoms with Gasteiger partial charge in [0.05, 0.1) is 18.0 Å². The molecule has 0 unspecified atom stereocenters. The Balaban J connectivity index is 1.30. The molecule has 1 heterocycles. The number of alkyl halides is 1. The highest BCUT2D eigenvalue weighted by Crippen LogP contribution is 2.63. The van der Waals surface area contributed by atoms with Gasteiger partial charge in [-0.15, -0.1) is 22.9 Å². The summed E-state index contributed by atoms with van der Waals surface area (Å²) in [5, 5.41) is 7.94. The maximum atomic E-state index is 13.0. The number of thiophene rings is 1. The second-order valence-corrected chi connectivity index (χ2v) is 11.2. The van der Waals surface area contributed by atoms with Crippen molar-refractivity contribution in [1.82, 2.24) is 15.5 Å². The van der Waals surface area contributed by atoms with Crippen LogP contribution in [0.15, 0.2) is 17.5 Å². The van der Waals surface area contributed by atoms with Crippen molar-refractivity contribution in [2.24, 2.45) is 17.3 Å². The fourth-order valence-corrected chi connectivity index (χ4v) is 7.67. The van der Waals surface area contributed by atoms with Crippen molar-refractivity contribution >= 4 is 34.8 Å². The molecule has 4 aliphatic rings. The summed E-state index contributed by atoms with van der Waals surface area (Å²) in [6.45, 7) is 0.568. The van der Waals surface area contributed by atoms with Gasteiger partial charge in [-0.3, -0.25) is 9.59 Å². The molecule has 1 aromatic rings. The van der Waals surface area contributed by atoms with Crippen LogP contribution in [0.25, 0.3) is 0 Å². The minimum Gasteiger partial charge on any atom is -0.353 e. The van der Waals surface area contributed by atoms with Gasteiger partial charge in [0.15, 0.2) is 0 Å². The van der Waals surface area contributed by atoms with Gasteiger partial charge in [0.1, 0.15) is 0 Å². The minimum atomic E-state index is -0.352. The van der Waals surface area contributed by atoms with Gasteiger partial charge in [0.2, 0.25) is 11.8 Å². The summed E-state index contributed by atoms with van der Waals surface area (Å²) in [5.41, 5.74) is -0.352. The van der Waals surface area contributed by atoms with E-state index in [1.54, 1.807) is 11.3 Å². The van der Waals surface area contributed by atoms with Gasteiger partial charge in [-0.1, -0.05) is 6.07 Å². The van der Waals surface area contributed by atoms with Crippen molar-refractivity contribution in [1.29, 1.82) is 0 Å². The number of carbonyl (C=O) groups excluding carboxylic acids is 2. The Morgan fingerprint density at radius 1 is 1.25 bits per heavy atom. The molecule has 0 aromatic carbocycles. The zero-order valence-corrected chi connectivity index (χ0v) is 18.2. The van der Waals surface area contributed by atoms with Crippen LogP contribution >= 0.6 is 22.9 Å². The summed E-state index contributed by atoms with van der Waals surface area (Å²) in [5.74, 6) is 1.04. The van der Waals surface area contributed by atoms with E-state index >= 15 is 0 Å². The predicted molar refractivity (Wildman–Crippen MR) is 112 cm³/mol. The lowest BCUT2D eigenvalue weighted by atomic mass is 9.49. The summed E-state index contributed by atoms with van der Waals surface area (Å²) in [7, 11) is 4.01. The summed E-state index contributed by atoms with van der Waals surface area (Å²) >= 11 is 8.51. The van der Waals surface area contributed by atoms with E-state index in [1.807, 2.05) is 25.5 Å². The molecule has 0 radical (unpaired) electrons. The molecule has 5 rings (SSSR count). The lowest BCUT2D eigenvalue weighted by Crippen LogP contribution is -2.59. The number of hydrogen-bond donors (Lipinski definition) is 2. The van der Waals surface area contributed by atoms with Gasteiger partial charge in [-0.2, -0.15) is 0 Å². The van der Waals surface area contributed by atoms with Crippen LogP contribution in [-0.4, -0.2) is 48.8 Å². The molecular weight excluding hydrogens is 394 g/mol. The highest BCUT2D eigenvalue weighted by Gasteiger charge is 2.60. The zero-order valence-electron chi connectivity index (χ0n) is 16.7. The Kier molecular flexibility index (Phi) is 5.49. The Morgan fingerprint density at radius 3 is 2.54 bits per heavy atom. The number of amides is 2. The molecule has 4 bridgehead atoms. The fourth-order valence-electron chi connectivity index (χ4n) is 6.06. The molecule has 1 aromatic heterocycles. The standard InChI is InChI=1S/C21H30ClN3O2S/c1-25(2)16(17-4-3-5-28-17)11-23-18(26)12-24-19(27)20-7-14-6-15(8-20)10-21(22,9-14)13-20/h3-5,14-16H,6-13H2,1-2H3,(H,23,26)(H,24,27)/t14-,15-,16-,20?,21?/m1/s1. The lowest BCUT2D eigenvalue weighted by Gasteiger charge is -2.59. The van der Waals surface area contributed by atoms with Crippen LogP contribution in [0.5, 0.6) is 0 Å². The topological polar surface area (TPSA) is 61.4 Å². The molecule has 7 heteroatoms. The van der Waals surface area contributed by atoms with E-state index in [2.05, 4.69) is 21.6 Å². The van der Waals surface area contributed by atoms with E-state index in [9.17, 15) is 9.59 Å². The summed E-state index contributed by atoms with van der Waals surface area (Å²) < 4.78 is 0. The van der Waals surface area contributed by atoms with Gasteiger partial charge in [0, 0.05) is 16.3 Å². The van der Waals surface area contributed by atoms with Crippen LogP contribution < -0.4 is 10.6 Å². The quantitative estimate of drug-likeness (QED) is 0.662. The second-order valence-electron chi connectivity index (χ2n) is 9.37. The number of nitrogens with zero attached hydrogens (tertiary/aromatic N) is 1. The minimum absolute atomic E-state index is 0.0317. The Bertz CT molecular complexity index is 722. The smallest absolute Gasteiger partial charge is 0.239 e. The van der Waals surface area contributed by atoms with Crippen LogP contribution in [0.1, 0.15) is 49.4 Å². The average Bonchev–Trinajstić information content (AvgIpc) is 3.11. The lowest BCUT2D eigenvalue weighted by molar-refractivity contribution is -0.145. The number of halogens is 1. The number of hydrogen-bond acceptors (Lipinski definition) is 4. The summed E-state index contributed by atoms with van der Waals surface area (Å²) in [6, 6.07) is 4.24. The maximum absolute atomic E-state index is 13.0. The van der Waals surface area contributed by atoms with E-state index in [0.29, 0.717) is 18.4 Å². The third-order valence-electron chi connectivity index (χ3n) is 6.87. The summed E-state index contributed by atoms with van der Waals surface area (Å²) in [6.07, 6.45) is 5.96. The van der Waals surface area contributed by atoms with Gasteiger partial charge < -0.3 is 15.5 Å². The Labute approximate surface area is 176 Å². The number of likely N-dealkylation sites (N-methyl/N-ethyl adjacent to an activating group) is 1. The molecule has 4 saturated carbocycles. The van der Waals surface area contributed by atoms with Crippen LogP contribution in [0.2, 0.25) is 0 Å². The SMILES string of the molecule is CN(C)[C@H](CNC(=O)CNC(=O)C12C[C@H]3C[C@@H](CC(Cl)(C3)C1)C2)c1cccs1. The largest absolute Gasteiger partial charge is 0.353 e. The molecule has 0 aliphatic heterocycles. The molecule has 2 N–H and O–H groups in total. The van der Waals surface area contributed by atoms with Gasteiger partial charge >= 0.3 is 0 Å². The van der Waals surface area contributed by atoms with Crippen molar-refractivity contribution in [3.63, 3.8) is 0 Å². The monoisotopic (exact) mass is 423 g/mol. The first kappa shape index (κ1) is 20.2. The number of nitrogens with one attached hydrogen (secondary N) is 2. The first-order valence-corrected chi connectivity index (χ1v) is 11.5. The van der Waals surface area contributed by atoms with E-state index in [0.717, 1.165) is 32.1 Å². The van der Waals surface area contributed by atoms with Gasteiger partial charge in [0.25, 0.3) is 0 Å². The normalized spacial score (nSPS) is 34.4. The van der Waals surface area contributed by atoms with E-state index in [1.165, 1.54) is 11.3 Å². The first-order chi connectivity index (χ1) is 13.3. The second kappa shape index (κ2) is 7.62. The van der Waals surface area contributed by atoms with Crippen molar-refractivity contribution in [2.45, 2.75) is 49.4 Å². The van der Waals surface area contributed by atoms with Crippen LogP contribution in [0.4, 0.5) is 0 Å². The summed E-state index contributed by atoms with van der Waals surface area (Å²) in [4.78, 5) is 28.5. The van der Waals surface area contributed by atoms with Crippen LogP contribution in [0.3, 0.4) is 0 Å². The van der Waals surface area contributed by atoms with Crippen molar-refractivity contribution in [3.05, 3.63) is 22.4 Å². The molecule has 154 valence electrons. The van der Waals surface area contributed by atoms with Crippen molar-refractivity contribution in [2.75, 3.05) is 27.2 Å². The average molecular weight is 424 g/mol. The molecule has 3 atom stereocenters. The predicted octanol–water partition coefficient (Wildman–Crippen LogP) is 3.16. The molecule has 2 amide bonds. The number of carbonyl (C=O) groups is 2. The molecule has 0 spiro atoms. The van der Waals surface area contributed by atoms with Gasteiger partial charge in [-0.25, -0.2) is 0 Å². The molecule has 4 fully saturated rings. The molecule has 5 nitrogen and oxygen atoms in total. The molecular formula is C21H30ClN3O2S. The molecule has 28 heavy (non-hydrogen) atoms. The Hall–Kier alpha value is -1.11. The van der Waals surface area contributed by atoms with E-state index in [4.69, 9.17) is 11.6 Å². The highest BCUT2D eigenvalue weighted by atomic mass is 35.5. The van der Waals surface area contributed by atoms with Crippen LogP contribution in [0, 0.1) is 17.3 Å². The van der Waals surface area contributed by atoms with Crippen LogP contribution in [-0.2, 0) is 9.59 Å². The van der Waals surface area contributed by atoms with Gasteiger partial charge in [-0.05, 0) is 75.9 Å². The Morgan fingerprint density at radius 2 is 1.96 bits per heavy atom. The van der Waals surface area contributed by atoms with E-state index < -0.39 is 0 Å². The number of rotatable bonds is 7. The zero-order chi connectivity index (χ0) is 19.9. The third kappa shape index (κ3) is 3.96. The highest BCUT2D eigenvalue weighted by molar-refractivity contribution is 7.10. The fraction of sp³-hybridized carbons (Fsp3) is 0.714. The van der Waals surface area contributed by atoms with Crippen molar-refractivity contribution in [3.8, 4) is 0 Å².